The summed E-state index contributed by atoms with van der Waals surface area (Å²) in [5.74, 6) is -0.00172. The van der Waals surface area contributed by atoms with Crippen LogP contribution in [0, 0.1) is 0 Å². The molecule has 7 heteroatoms. The molecule has 1 heterocycles. The third-order valence-corrected chi connectivity index (χ3v) is 2.98. The van der Waals surface area contributed by atoms with Crippen LogP contribution >= 0.6 is 15.9 Å². The number of ether oxygens (including phenoxy) is 1. The molecule has 1 aromatic carbocycles. The molecule has 0 atom stereocenters. The largest absolute Gasteiger partial charge is 0.504 e. The fourth-order valence-corrected chi connectivity index (χ4v) is 1.92. The molecule has 2 aromatic rings. The first-order chi connectivity index (χ1) is 10.1. The lowest BCUT2D eigenvalue weighted by molar-refractivity contribution is 0.0954. The summed E-state index contributed by atoms with van der Waals surface area (Å²) in [7, 11) is 1.47. The van der Waals surface area contributed by atoms with E-state index in [1.165, 1.54) is 25.6 Å². The standard InChI is InChI=1S/C14H12BrN3O3/c1-21-13-3-2-9(4-12(13)19)6-17-18-14(20)10-5-11(15)8-16-7-10/h2-8,19H,1H3,(H,18,20). The number of hydrogen-bond donors (Lipinski definition) is 2. The number of benzene rings is 1. The van der Waals surface area contributed by atoms with Gasteiger partial charge in [-0.3, -0.25) is 9.78 Å². The number of amides is 1. The van der Waals surface area contributed by atoms with Crippen LogP contribution in [0.3, 0.4) is 0 Å². The number of nitrogens with one attached hydrogen (secondary N) is 1. The molecule has 2 rings (SSSR count). The molecular formula is C14H12BrN3O3. The highest BCUT2D eigenvalue weighted by molar-refractivity contribution is 9.10. The van der Waals surface area contributed by atoms with Crippen molar-refractivity contribution in [3.05, 3.63) is 52.3 Å². The number of hydrazone groups is 1. The molecule has 0 saturated carbocycles. The first kappa shape index (κ1) is 15.0. The van der Waals surface area contributed by atoms with Crippen LogP contribution in [0.5, 0.6) is 11.5 Å². The SMILES string of the molecule is COc1ccc(C=NNC(=O)c2cncc(Br)c2)cc1O. The van der Waals surface area contributed by atoms with Crippen molar-refractivity contribution in [3.63, 3.8) is 0 Å². The molecule has 0 spiro atoms. The van der Waals surface area contributed by atoms with Crippen molar-refractivity contribution in [3.8, 4) is 11.5 Å². The number of halogens is 1. The summed E-state index contributed by atoms with van der Waals surface area (Å²) in [5, 5.41) is 13.4. The molecule has 0 fully saturated rings. The molecular weight excluding hydrogens is 338 g/mol. The van der Waals surface area contributed by atoms with Crippen molar-refractivity contribution < 1.29 is 14.6 Å². The van der Waals surface area contributed by atoms with Crippen molar-refractivity contribution in [2.45, 2.75) is 0 Å². The maximum Gasteiger partial charge on any atom is 0.272 e. The zero-order valence-electron chi connectivity index (χ0n) is 11.1. The van der Waals surface area contributed by atoms with E-state index < -0.39 is 0 Å². The molecule has 0 aliphatic rings. The van der Waals surface area contributed by atoms with Gasteiger partial charge in [0.2, 0.25) is 0 Å². The molecule has 1 amide bonds. The van der Waals surface area contributed by atoms with E-state index in [0.717, 1.165) is 0 Å². The smallest absolute Gasteiger partial charge is 0.272 e. The molecule has 21 heavy (non-hydrogen) atoms. The molecule has 0 unspecified atom stereocenters. The highest BCUT2D eigenvalue weighted by atomic mass is 79.9. The van der Waals surface area contributed by atoms with E-state index in [1.54, 1.807) is 24.4 Å². The second-order valence-electron chi connectivity index (χ2n) is 4.02. The van der Waals surface area contributed by atoms with Crippen molar-refractivity contribution in [2.75, 3.05) is 7.11 Å². The lowest BCUT2D eigenvalue weighted by Gasteiger charge is -2.03. The fourth-order valence-electron chi connectivity index (χ4n) is 1.55. The minimum atomic E-state index is -0.377. The molecule has 1 aromatic heterocycles. The van der Waals surface area contributed by atoms with Crippen LogP contribution in [-0.4, -0.2) is 29.3 Å². The Morgan fingerprint density at radius 1 is 1.43 bits per heavy atom. The average molecular weight is 350 g/mol. The number of carbonyl (C=O) groups is 1. The van der Waals surface area contributed by atoms with Crippen LogP contribution < -0.4 is 10.2 Å². The van der Waals surface area contributed by atoms with E-state index in [1.807, 2.05) is 0 Å². The number of methoxy groups -OCH3 is 1. The molecule has 0 radical (unpaired) electrons. The highest BCUT2D eigenvalue weighted by Crippen LogP contribution is 2.25. The maximum absolute atomic E-state index is 11.8. The van der Waals surface area contributed by atoms with Gasteiger partial charge in [-0.15, -0.1) is 0 Å². The van der Waals surface area contributed by atoms with E-state index >= 15 is 0 Å². The third kappa shape index (κ3) is 4.03. The Balaban J connectivity index is 2.02. The number of hydrogen-bond acceptors (Lipinski definition) is 5. The van der Waals surface area contributed by atoms with Crippen molar-refractivity contribution in [2.24, 2.45) is 5.10 Å². The Morgan fingerprint density at radius 3 is 2.90 bits per heavy atom. The Labute approximate surface area is 129 Å². The molecule has 2 N–H and O–H groups in total. The lowest BCUT2D eigenvalue weighted by Crippen LogP contribution is -2.17. The summed E-state index contributed by atoms with van der Waals surface area (Å²) in [6, 6.07) is 6.43. The molecule has 0 saturated heterocycles. The molecule has 0 aliphatic carbocycles. The van der Waals surface area contributed by atoms with Crippen LogP contribution in [0.4, 0.5) is 0 Å². The normalized spacial score (nSPS) is 10.6. The van der Waals surface area contributed by atoms with Crippen LogP contribution in [-0.2, 0) is 0 Å². The number of phenols is 1. The number of pyridine rings is 1. The third-order valence-electron chi connectivity index (χ3n) is 2.55. The highest BCUT2D eigenvalue weighted by Gasteiger charge is 2.05. The quantitative estimate of drug-likeness (QED) is 0.655. The number of nitrogens with zero attached hydrogens (tertiary/aromatic N) is 2. The molecule has 108 valence electrons. The molecule has 6 nitrogen and oxygen atoms in total. The number of aromatic nitrogens is 1. The Hall–Kier alpha value is -2.41. The lowest BCUT2D eigenvalue weighted by atomic mass is 10.2. The monoisotopic (exact) mass is 349 g/mol. The predicted octanol–water partition coefficient (Wildman–Crippen LogP) is 2.32. The van der Waals surface area contributed by atoms with Gasteiger partial charge >= 0.3 is 0 Å². The van der Waals surface area contributed by atoms with Gasteiger partial charge in [-0.1, -0.05) is 0 Å². The van der Waals surface area contributed by atoms with Crippen LogP contribution in [0.15, 0.2) is 46.2 Å². The fraction of sp³-hybridized carbons (Fsp3) is 0.0714. The maximum atomic E-state index is 11.8. The van der Waals surface area contributed by atoms with Gasteiger partial charge in [0.25, 0.3) is 5.91 Å². The van der Waals surface area contributed by atoms with E-state index in [2.05, 4.69) is 31.4 Å². The van der Waals surface area contributed by atoms with Gasteiger partial charge < -0.3 is 9.84 Å². The summed E-state index contributed by atoms with van der Waals surface area (Å²) in [6.45, 7) is 0. The van der Waals surface area contributed by atoms with E-state index in [0.29, 0.717) is 21.3 Å². The topological polar surface area (TPSA) is 83.8 Å². The molecule has 0 bridgehead atoms. The first-order valence-corrected chi connectivity index (χ1v) is 6.70. The van der Waals surface area contributed by atoms with Gasteiger partial charge in [-0.2, -0.15) is 5.10 Å². The number of carbonyl (C=O) groups excluding carboxylic acids is 1. The van der Waals surface area contributed by atoms with Crippen molar-refractivity contribution in [1.29, 1.82) is 0 Å². The minimum absolute atomic E-state index is 0.00367. The molecule has 0 aliphatic heterocycles. The number of rotatable bonds is 4. The Kier molecular flexibility index (Phi) is 4.89. The van der Waals surface area contributed by atoms with Gasteiger partial charge in [0.1, 0.15) is 0 Å². The van der Waals surface area contributed by atoms with Crippen LogP contribution in [0.2, 0.25) is 0 Å². The van der Waals surface area contributed by atoms with Gasteiger partial charge in [-0.05, 0) is 45.8 Å². The Bertz CT molecular complexity index is 689. The second-order valence-corrected chi connectivity index (χ2v) is 4.94. The summed E-state index contributed by atoms with van der Waals surface area (Å²) in [5.41, 5.74) is 3.39. The second kappa shape index (κ2) is 6.85. The van der Waals surface area contributed by atoms with Gasteiger partial charge in [0.05, 0.1) is 18.9 Å². The van der Waals surface area contributed by atoms with E-state index in [-0.39, 0.29) is 11.7 Å². The number of aromatic hydroxyl groups is 1. The van der Waals surface area contributed by atoms with Crippen LogP contribution in [0.25, 0.3) is 0 Å². The summed E-state index contributed by atoms with van der Waals surface area (Å²) in [6.07, 6.45) is 4.44. The predicted molar refractivity (Wildman–Crippen MR) is 81.7 cm³/mol. The van der Waals surface area contributed by atoms with Gasteiger partial charge in [0.15, 0.2) is 11.5 Å². The number of phenolic OH excluding ortho intramolecular Hbond substituents is 1. The Morgan fingerprint density at radius 2 is 2.24 bits per heavy atom. The van der Waals surface area contributed by atoms with E-state index in [4.69, 9.17) is 4.74 Å². The van der Waals surface area contributed by atoms with Gasteiger partial charge in [-0.25, -0.2) is 5.43 Å². The minimum Gasteiger partial charge on any atom is -0.504 e. The first-order valence-electron chi connectivity index (χ1n) is 5.91. The van der Waals surface area contributed by atoms with Crippen molar-refractivity contribution in [1.82, 2.24) is 10.4 Å². The van der Waals surface area contributed by atoms with E-state index in [9.17, 15) is 9.90 Å². The van der Waals surface area contributed by atoms with Gasteiger partial charge in [0, 0.05) is 16.9 Å². The zero-order valence-corrected chi connectivity index (χ0v) is 12.7. The summed E-state index contributed by atoms with van der Waals surface area (Å²) in [4.78, 5) is 15.7. The van der Waals surface area contributed by atoms with Crippen molar-refractivity contribution >= 4 is 28.1 Å². The summed E-state index contributed by atoms with van der Waals surface area (Å²) < 4.78 is 5.64. The average Bonchev–Trinajstić information content (AvgIpc) is 2.47. The zero-order chi connectivity index (χ0) is 15.2. The summed E-state index contributed by atoms with van der Waals surface area (Å²) >= 11 is 3.24. The van der Waals surface area contributed by atoms with Crippen LogP contribution in [0.1, 0.15) is 15.9 Å².